The Morgan fingerprint density at radius 2 is 2.23 bits per heavy atom. The smallest absolute Gasteiger partial charge is 0.317 e. The highest BCUT2D eigenvalue weighted by atomic mass is 16.2. The number of carbonyl (C=O) groups excluding carboxylic acids is 1. The summed E-state index contributed by atoms with van der Waals surface area (Å²) in [5, 5.41) is 2.66. The molecule has 4 heteroatoms. The molecule has 1 saturated heterocycles. The van der Waals surface area contributed by atoms with Gasteiger partial charge in [0, 0.05) is 32.7 Å². The van der Waals surface area contributed by atoms with Gasteiger partial charge in [0.05, 0.1) is 0 Å². The van der Waals surface area contributed by atoms with E-state index >= 15 is 0 Å². The third-order valence-corrected chi connectivity index (χ3v) is 2.67. The van der Waals surface area contributed by atoms with Crippen molar-refractivity contribution in [2.75, 3.05) is 33.2 Å². The Morgan fingerprint density at radius 1 is 1.54 bits per heavy atom. The minimum absolute atomic E-state index is 0.0441. The monoisotopic (exact) mass is 185 g/mol. The van der Waals surface area contributed by atoms with Crippen LogP contribution in [0.25, 0.3) is 0 Å². The topological polar surface area (TPSA) is 35.6 Å². The second-order valence-electron chi connectivity index (χ2n) is 3.48. The zero-order valence-corrected chi connectivity index (χ0v) is 8.71. The lowest BCUT2D eigenvalue weighted by molar-refractivity contribution is 0.103. The molecule has 1 atom stereocenters. The molecule has 4 nitrogen and oxygen atoms in total. The Bertz CT molecular complexity index is 184. The normalized spacial score (nSPS) is 24.5. The van der Waals surface area contributed by atoms with Crippen LogP contribution >= 0.6 is 0 Å². The highest BCUT2D eigenvalue weighted by molar-refractivity contribution is 5.73. The summed E-state index contributed by atoms with van der Waals surface area (Å²) in [7, 11) is 1.68. The third kappa shape index (κ3) is 2.34. The van der Waals surface area contributed by atoms with Crippen LogP contribution in [0.2, 0.25) is 0 Å². The van der Waals surface area contributed by atoms with Crippen molar-refractivity contribution in [3.8, 4) is 0 Å². The number of urea groups is 1. The predicted molar refractivity (Wildman–Crippen MR) is 52.7 cm³/mol. The summed E-state index contributed by atoms with van der Waals surface area (Å²) >= 11 is 0. The van der Waals surface area contributed by atoms with Crippen LogP contribution in [0.3, 0.4) is 0 Å². The predicted octanol–water partition coefficient (Wildman–Crippen LogP) is 0.352. The molecule has 0 bridgehead atoms. The first-order valence-electron chi connectivity index (χ1n) is 4.89. The number of rotatable bonds is 1. The summed E-state index contributed by atoms with van der Waals surface area (Å²) in [6.07, 6.45) is 0. The number of piperazine rings is 1. The molecule has 1 rings (SSSR count). The van der Waals surface area contributed by atoms with Gasteiger partial charge in [-0.25, -0.2) is 4.79 Å². The first-order valence-corrected chi connectivity index (χ1v) is 4.89. The Morgan fingerprint density at radius 3 is 2.69 bits per heavy atom. The van der Waals surface area contributed by atoms with E-state index in [2.05, 4.69) is 24.1 Å². The highest BCUT2D eigenvalue weighted by Gasteiger charge is 2.24. The number of hydrogen-bond donors (Lipinski definition) is 1. The van der Waals surface area contributed by atoms with Crippen molar-refractivity contribution in [1.82, 2.24) is 15.1 Å². The molecule has 0 aromatic rings. The van der Waals surface area contributed by atoms with Gasteiger partial charge in [0.15, 0.2) is 0 Å². The van der Waals surface area contributed by atoms with Crippen LogP contribution in [0.4, 0.5) is 4.79 Å². The number of nitrogens with zero attached hydrogens (tertiary/aromatic N) is 2. The maximum atomic E-state index is 11.3. The van der Waals surface area contributed by atoms with Gasteiger partial charge in [-0.1, -0.05) is 6.92 Å². The fourth-order valence-corrected chi connectivity index (χ4v) is 1.81. The Labute approximate surface area is 79.9 Å². The zero-order chi connectivity index (χ0) is 9.84. The van der Waals surface area contributed by atoms with Crippen molar-refractivity contribution in [3.63, 3.8) is 0 Å². The van der Waals surface area contributed by atoms with Gasteiger partial charge in [0.2, 0.25) is 0 Å². The molecule has 0 aliphatic carbocycles. The van der Waals surface area contributed by atoms with Gasteiger partial charge in [-0.05, 0) is 13.5 Å². The fraction of sp³-hybridized carbons (Fsp3) is 0.889. The molecular weight excluding hydrogens is 166 g/mol. The number of hydrogen-bond acceptors (Lipinski definition) is 2. The van der Waals surface area contributed by atoms with Gasteiger partial charge < -0.3 is 10.2 Å². The van der Waals surface area contributed by atoms with Crippen molar-refractivity contribution in [1.29, 1.82) is 0 Å². The summed E-state index contributed by atoms with van der Waals surface area (Å²) in [6, 6.07) is 0.527. The van der Waals surface area contributed by atoms with Crippen LogP contribution in [0.15, 0.2) is 0 Å². The molecule has 0 spiro atoms. The lowest BCUT2D eigenvalue weighted by Crippen LogP contribution is -2.55. The van der Waals surface area contributed by atoms with Crippen molar-refractivity contribution in [3.05, 3.63) is 0 Å². The molecule has 1 N–H and O–H groups in total. The van der Waals surface area contributed by atoms with Crippen molar-refractivity contribution in [2.45, 2.75) is 19.9 Å². The number of likely N-dealkylation sites (N-methyl/N-ethyl adjacent to an activating group) is 1. The molecule has 76 valence electrons. The van der Waals surface area contributed by atoms with Crippen LogP contribution in [-0.2, 0) is 0 Å². The molecule has 1 fully saturated rings. The lowest BCUT2D eigenvalue weighted by atomic mass is 10.2. The second-order valence-corrected chi connectivity index (χ2v) is 3.48. The van der Waals surface area contributed by atoms with Crippen LogP contribution in [0, 0.1) is 0 Å². The molecule has 1 aliphatic heterocycles. The van der Waals surface area contributed by atoms with E-state index in [-0.39, 0.29) is 6.03 Å². The minimum atomic E-state index is 0.0441. The van der Waals surface area contributed by atoms with E-state index in [1.165, 1.54) is 0 Å². The van der Waals surface area contributed by atoms with Gasteiger partial charge in [-0.2, -0.15) is 0 Å². The molecule has 0 radical (unpaired) electrons. The van der Waals surface area contributed by atoms with Gasteiger partial charge in [0.1, 0.15) is 0 Å². The average Bonchev–Trinajstić information content (AvgIpc) is 2.16. The Kier molecular flexibility index (Phi) is 3.54. The third-order valence-electron chi connectivity index (χ3n) is 2.67. The summed E-state index contributed by atoms with van der Waals surface area (Å²) in [5.41, 5.74) is 0. The van der Waals surface area contributed by atoms with Crippen LogP contribution in [-0.4, -0.2) is 55.1 Å². The first kappa shape index (κ1) is 10.3. The quantitative estimate of drug-likeness (QED) is 0.640. The molecule has 0 saturated carbocycles. The standard InChI is InChI=1S/C9H19N3O/c1-4-11-5-6-12(7-8(11)2)9(13)10-3/h8H,4-7H2,1-3H3,(H,10,13). The van der Waals surface area contributed by atoms with E-state index in [1.807, 2.05) is 4.90 Å². The Hall–Kier alpha value is -0.770. The van der Waals surface area contributed by atoms with Crippen LogP contribution in [0.1, 0.15) is 13.8 Å². The molecule has 1 heterocycles. The fourth-order valence-electron chi connectivity index (χ4n) is 1.81. The summed E-state index contributed by atoms with van der Waals surface area (Å²) in [6.45, 7) is 8.07. The zero-order valence-electron chi connectivity index (χ0n) is 8.71. The van der Waals surface area contributed by atoms with E-state index in [9.17, 15) is 4.79 Å². The van der Waals surface area contributed by atoms with E-state index < -0.39 is 0 Å². The van der Waals surface area contributed by atoms with Gasteiger partial charge in [-0.3, -0.25) is 4.90 Å². The van der Waals surface area contributed by atoms with E-state index in [1.54, 1.807) is 7.05 Å². The minimum Gasteiger partial charge on any atom is -0.341 e. The van der Waals surface area contributed by atoms with Crippen molar-refractivity contribution < 1.29 is 4.79 Å². The highest BCUT2D eigenvalue weighted by Crippen LogP contribution is 2.08. The molecule has 1 unspecified atom stereocenters. The second kappa shape index (κ2) is 4.46. The molecule has 0 aromatic heterocycles. The largest absolute Gasteiger partial charge is 0.341 e. The van der Waals surface area contributed by atoms with Crippen molar-refractivity contribution in [2.24, 2.45) is 0 Å². The molecule has 1 aliphatic rings. The molecular formula is C9H19N3O. The summed E-state index contributed by atoms with van der Waals surface area (Å²) in [4.78, 5) is 15.6. The number of nitrogens with one attached hydrogen (secondary N) is 1. The molecule has 2 amide bonds. The summed E-state index contributed by atoms with van der Waals surface area (Å²) < 4.78 is 0. The maximum absolute atomic E-state index is 11.3. The lowest BCUT2D eigenvalue weighted by Gasteiger charge is -2.38. The van der Waals surface area contributed by atoms with E-state index in [0.29, 0.717) is 6.04 Å². The molecule has 0 aromatic carbocycles. The SMILES string of the molecule is CCN1CCN(C(=O)NC)CC1C. The van der Waals surface area contributed by atoms with E-state index in [4.69, 9.17) is 0 Å². The molecule has 13 heavy (non-hydrogen) atoms. The summed E-state index contributed by atoms with van der Waals surface area (Å²) in [5.74, 6) is 0. The number of amides is 2. The maximum Gasteiger partial charge on any atom is 0.317 e. The van der Waals surface area contributed by atoms with Gasteiger partial charge >= 0.3 is 6.03 Å². The van der Waals surface area contributed by atoms with Crippen LogP contribution < -0.4 is 5.32 Å². The Balaban J connectivity index is 2.45. The first-order chi connectivity index (χ1) is 6.19. The van der Waals surface area contributed by atoms with E-state index in [0.717, 1.165) is 26.2 Å². The number of carbonyl (C=O) groups is 1. The van der Waals surface area contributed by atoms with Gasteiger partial charge in [0.25, 0.3) is 0 Å². The average molecular weight is 185 g/mol. The van der Waals surface area contributed by atoms with Crippen LogP contribution in [0.5, 0.6) is 0 Å². The van der Waals surface area contributed by atoms with Crippen molar-refractivity contribution >= 4 is 6.03 Å². The van der Waals surface area contributed by atoms with Gasteiger partial charge in [-0.15, -0.1) is 0 Å².